The summed E-state index contributed by atoms with van der Waals surface area (Å²) in [5.74, 6) is 0.288. The maximum atomic E-state index is 12.8. The number of Topliss-reactive ketones (excluding diaryl/α,β-unsaturated/α-hetero) is 1. The van der Waals surface area contributed by atoms with Crippen molar-refractivity contribution < 1.29 is 14.6 Å². The van der Waals surface area contributed by atoms with Crippen LogP contribution >= 0.6 is 0 Å². The number of carbonyl (C=O) groups is 1. The highest BCUT2D eigenvalue weighted by atomic mass is 16.5. The van der Waals surface area contributed by atoms with Gasteiger partial charge in [0.1, 0.15) is 5.75 Å². The lowest BCUT2D eigenvalue weighted by atomic mass is 9.88. The Kier molecular flexibility index (Phi) is 2.85. The lowest BCUT2D eigenvalue weighted by Gasteiger charge is -2.23. The number of H-pyrrole nitrogens is 1. The van der Waals surface area contributed by atoms with E-state index in [-0.39, 0.29) is 5.78 Å². The van der Waals surface area contributed by atoms with Gasteiger partial charge in [-0.1, -0.05) is 18.2 Å². The van der Waals surface area contributed by atoms with Gasteiger partial charge in [-0.3, -0.25) is 4.79 Å². The van der Waals surface area contributed by atoms with Gasteiger partial charge in [0, 0.05) is 27.4 Å². The number of benzene rings is 2. The Morgan fingerprint density at radius 1 is 1.26 bits per heavy atom. The van der Waals surface area contributed by atoms with Crippen LogP contribution in [-0.4, -0.2) is 28.6 Å². The van der Waals surface area contributed by atoms with Crippen LogP contribution in [0.1, 0.15) is 29.8 Å². The van der Waals surface area contributed by atoms with Crippen molar-refractivity contribution in [3.8, 4) is 5.75 Å². The molecule has 0 amide bonds. The molecule has 0 bridgehead atoms. The molecule has 0 saturated heterocycles. The zero-order valence-electron chi connectivity index (χ0n) is 13.4. The minimum absolute atomic E-state index is 0.00187. The SMILES string of the molecule is COc1c2c(cc3c1[nH]c1ccccc13)C(=O)[C@@H](C(C)(C)O)C2. The molecule has 0 fully saturated rings. The summed E-state index contributed by atoms with van der Waals surface area (Å²) in [6.07, 6.45) is 0.506. The van der Waals surface area contributed by atoms with E-state index in [1.807, 2.05) is 30.3 Å². The number of fused-ring (bicyclic) bond motifs is 4. The van der Waals surface area contributed by atoms with E-state index in [1.165, 1.54) is 0 Å². The van der Waals surface area contributed by atoms with Crippen LogP contribution in [0.25, 0.3) is 21.8 Å². The Balaban J connectivity index is 2.04. The highest BCUT2D eigenvalue weighted by molar-refractivity contribution is 6.15. The van der Waals surface area contributed by atoms with Crippen molar-refractivity contribution in [2.75, 3.05) is 7.11 Å². The minimum atomic E-state index is -1.04. The fourth-order valence-electron chi connectivity index (χ4n) is 3.70. The predicted molar refractivity (Wildman–Crippen MR) is 90.2 cm³/mol. The Morgan fingerprint density at radius 2 is 2.00 bits per heavy atom. The first-order valence-electron chi connectivity index (χ1n) is 7.78. The number of hydrogen-bond donors (Lipinski definition) is 2. The summed E-state index contributed by atoms with van der Waals surface area (Å²) >= 11 is 0. The second kappa shape index (κ2) is 4.59. The first-order chi connectivity index (χ1) is 10.9. The Morgan fingerprint density at radius 3 is 2.70 bits per heavy atom. The fourth-order valence-corrected chi connectivity index (χ4v) is 3.70. The van der Waals surface area contributed by atoms with Gasteiger partial charge in [-0.2, -0.15) is 0 Å². The monoisotopic (exact) mass is 309 g/mol. The van der Waals surface area contributed by atoms with E-state index in [0.29, 0.717) is 17.7 Å². The average molecular weight is 309 g/mol. The first-order valence-corrected chi connectivity index (χ1v) is 7.78. The second-order valence-electron chi connectivity index (χ2n) is 6.80. The quantitative estimate of drug-likeness (QED) is 0.762. The van der Waals surface area contributed by atoms with Gasteiger partial charge in [-0.05, 0) is 32.4 Å². The maximum absolute atomic E-state index is 12.8. The van der Waals surface area contributed by atoms with Crippen LogP contribution in [0.15, 0.2) is 30.3 Å². The minimum Gasteiger partial charge on any atom is -0.494 e. The lowest BCUT2D eigenvalue weighted by molar-refractivity contribution is 0.0225. The van der Waals surface area contributed by atoms with E-state index < -0.39 is 11.5 Å². The average Bonchev–Trinajstić information content (AvgIpc) is 3.03. The molecule has 0 unspecified atom stereocenters. The van der Waals surface area contributed by atoms with Crippen LogP contribution in [0.5, 0.6) is 5.75 Å². The maximum Gasteiger partial charge on any atom is 0.169 e. The number of aromatic nitrogens is 1. The number of ether oxygens (including phenoxy) is 1. The number of hydrogen-bond acceptors (Lipinski definition) is 3. The molecule has 0 spiro atoms. The predicted octanol–water partition coefficient (Wildman–Crippen LogP) is 3.46. The van der Waals surface area contributed by atoms with E-state index in [4.69, 9.17) is 4.74 Å². The molecule has 1 heterocycles. The molecule has 1 aliphatic rings. The zero-order valence-corrected chi connectivity index (χ0v) is 13.4. The van der Waals surface area contributed by atoms with Crippen molar-refractivity contribution >= 4 is 27.6 Å². The van der Waals surface area contributed by atoms with Gasteiger partial charge in [0.15, 0.2) is 5.78 Å². The van der Waals surface area contributed by atoms with Gasteiger partial charge < -0.3 is 14.8 Å². The molecule has 4 heteroatoms. The number of aromatic amines is 1. The third-order valence-corrected chi connectivity index (χ3v) is 4.91. The van der Waals surface area contributed by atoms with E-state index >= 15 is 0 Å². The highest BCUT2D eigenvalue weighted by Crippen LogP contribution is 2.43. The van der Waals surface area contributed by atoms with Crippen molar-refractivity contribution in [2.45, 2.75) is 25.9 Å². The Labute approximate surface area is 134 Å². The summed E-state index contributed by atoms with van der Waals surface area (Å²) in [5, 5.41) is 12.4. The molecule has 3 aromatic rings. The summed E-state index contributed by atoms with van der Waals surface area (Å²) in [6.45, 7) is 3.38. The number of aliphatic hydroxyl groups is 1. The van der Waals surface area contributed by atoms with Crippen LogP contribution < -0.4 is 4.74 Å². The molecule has 1 aliphatic carbocycles. The third kappa shape index (κ3) is 1.91. The number of ketones is 1. The topological polar surface area (TPSA) is 62.3 Å². The van der Waals surface area contributed by atoms with E-state index in [0.717, 1.165) is 27.4 Å². The molecule has 0 saturated carbocycles. The highest BCUT2D eigenvalue weighted by Gasteiger charge is 2.42. The van der Waals surface area contributed by atoms with Gasteiger partial charge in [-0.15, -0.1) is 0 Å². The van der Waals surface area contributed by atoms with Crippen LogP contribution in [0.2, 0.25) is 0 Å². The number of methoxy groups -OCH3 is 1. The van der Waals surface area contributed by atoms with Crippen LogP contribution in [0, 0.1) is 5.92 Å². The standard InChI is InChI=1S/C19H19NO3/c1-19(2,22)14-9-13-12(17(14)21)8-11-10-6-4-5-7-15(10)20-16(11)18(13)23-3/h4-8,14,20,22H,9H2,1-3H3/t14-/m0/s1. The van der Waals surface area contributed by atoms with E-state index in [1.54, 1.807) is 21.0 Å². The molecule has 2 aromatic carbocycles. The fraction of sp³-hybridized carbons (Fsp3) is 0.316. The molecule has 1 aromatic heterocycles. The number of rotatable bonds is 2. The Bertz CT molecular complexity index is 947. The molecular formula is C19H19NO3. The number of para-hydroxylation sites is 1. The molecule has 0 radical (unpaired) electrons. The largest absolute Gasteiger partial charge is 0.494 e. The summed E-state index contributed by atoms with van der Waals surface area (Å²) in [4.78, 5) is 16.2. The van der Waals surface area contributed by atoms with Crippen LogP contribution in [-0.2, 0) is 6.42 Å². The summed E-state index contributed by atoms with van der Waals surface area (Å²) < 4.78 is 5.64. The lowest BCUT2D eigenvalue weighted by Crippen LogP contribution is -2.34. The van der Waals surface area contributed by atoms with Gasteiger partial charge in [0.05, 0.1) is 24.1 Å². The van der Waals surface area contributed by atoms with Crippen molar-refractivity contribution in [2.24, 2.45) is 5.92 Å². The number of carbonyl (C=O) groups excluding carboxylic acids is 1. The zero-order chi connectivity index (χ0) is 16.4. The first kappa shape index (κ1) is 14.3. The molecule has 118 valence electrons. The third-order valence-electron chi connectivity index (χ3n) is 4.91. The summed E-state index contributed by atoms with van der Waals surface area (Å²) in [7, 11) is 1.63. The van der Waals surface area contributed by atoms with Gasteiger partial charge >= 0.3 is 0 Å². The number of nitrogens with one attached hydrogen (secondary N) is 1. The molecule has 23 heavy (non-hydrogen) atoms. The van der Waals surface area contributed by atoms with Gasteiger partial charge in [-0.25, -0.2) is 0 Å². The Hall–Kier alpha value is -2.33. The van der Waals surface area contributed by atoms with Crippen LogP contribution in [0.4, 0.5) is 0 Å². The molecule has 1 atom stereocenters. The van der Waals surface area contributed by atoms with Crippen molar-refractivity contribution in [3.63, 3.8) is 0 Å². The smallest absolute Gasteiger partial charge is 0.169 e. The van der Waals surface area contributed by atoms with Crippen molar-refractivity contribution in [3.05, 3.63) is 41.5 Å². The van der Waals surface area contributed by atoms with Gasteiger partial charge in [0.2, 0.25) is 0 Å². The van der Waals surface area contributed by atoms with Crippen LogP contribution in [0.3, 0.4) is 0 Å². The van der Waals surface area contributed by atoms with Gasteiger partial charge in [0.25, 0.3) is 0 Å². The molecule has 4 rings (SSSR count). The van der Waals surface area contributed by atoms with E-state index in [9.17, 15) is 9.90 Å². The molecule has 2 N–H and O–H groups in total. The second-order valence-corrected chi connectivity index (χ2v) is 6.80. The van der Waals surface area contributed by atoms with Crippen molar-refractivity contribution in [1.29, 1.82) is 0 Å². The molecular weight excluding hydrogens is 290 g/mol. The summed E-state index contributed by atoms with van der Waals surface area (Å²) in [6, 6.07) is 9.96. The molecule has 4 nitrogen and oxygen atoms in total. The molecule has 0 aliphatic heterocycles. The summed E-state index contributed by atoms with van der Waals surface area (Å²) in [5.41, 5.74) is 2.46. The van der Waals surface area contributed by atoms with E-state index in [2.05, 4.69) is 4.98 Å². The van der Waals surface area contributed by atoms with Crippen molar-refractivity contribution in [1.82, 2.24) is 4.98 Å². The normalized spacial score (nSPS) is 17.9.